The number of H-pyrrole nitrogens is 1. The lowest BCUT2D eigenvalue weighted by Crippen LogP contribution is -2.47. The number of hydrogen-bond donors (Lipinski definition) is 1. The Balaban J connectivity index is 1.68. The summed E-state index contributed by atoms with van der Waals surface area (Å²) in [6, 6.07) is 7.46. The van der Waals surface area contributed by atoms with Crippen LogP contribution in [0.4, 0.5) is 11.6 Å². The van der Waals surface area contributed by atoms with Crippen LogP contribution in [0.5, 0.6) is 0 Å². The molecule has 2 aromatic heterocycles. The zero-order valence-corrected chi connectivity index (χ0v) is 10.5. The van der Waals surface area contributed by atoms with Gasteiger partial charge in [-0.25, -0.2) is 9.97 Å². The first-order chi connectivity index (χ1) is 9.33. The summed E-state index contributed by atoms with van der Waals surface area (Å²) >= 11 is 0. The second-order valence-electron chi connectivity index (χ2n) is 4.43. The minimum absolute atomic E-state index is 0.114. The van der Waals surface area contributed by atoms with E-state index in [-0.39, 0.29) is 5.56 Å². The van der Waals surface area contributed by atoms with Crippen LogP contribution in [0.2, 0.25) is 0 Å². The third-order valence-corrected chi connectivity index (χ3v) is 3.24. The molecule has 6 nitrogen and oxygen atoms in total. The fourth-order valence-corrected chi connectivity index (χ4v) is 2.24. The van der Waals surface area contributed by atoms with Gasteiger partial charge in [0.05, 0.1) is 6.33 Å². The van der Waals surface area contributed by atoms with Crippen molar-refractivity contribution in [2.45, 2.75) is 0 Å². The van der Waals surface area contributed by atoms with Gasteiger partial charge in [0.2, 0.25) is 0 Å². The lowest BCUT2D eigenvalue weighted by molar-refractivity contribution is 0.640. The van der Waals surface area contributed by atoms with Crippen LogP contribution in [0.15, 0.2) is 41.6 Å². The Bertz CT molecular complexity index is 589. The van der Waals surface area contributed by atoms with Gasteiger partial charge in [-0.05, 0) is 12.1 Å². The van der Waals surface area contributed by atoms with Crippen molar-refractivity contribution >= 4 is 11.6 Å². The molecule has 0 spiro atoms. The number of rotatable bonds is 2. The van der Waals surface area contributed by atoms with Gasteiger partial charge in [0, 0.05) is 38.4 Å². The third-order valence-electron chi connectivity index (χ3n) is 3.24. The van der Waals surface area contributed by atoms with Crippen molar-refractivity contribution in [1.29, 1.82) is 0 Å². The van der Waals surface area contributed by atoms with Gasteiger partial charge in [-0.3, -0.25) is 4.79 Å². The molecule has 3 heterocycles. The van der Waals surface area contributed by atoms with E-state index in [1.165, 1.54) is 12.4 Å². The predicted octanol–water partition coefficient (Wildman–Crippen LogP) is 0.491. The molecule has 0 aromatic carbocycles. The first-order valence-corrected chi connectivity index (χ1v) is 6.28. The van der Waals surface area contributed by atoms with Crippen LogP contribution >= 0.6 is 0 Å². The first kappa shape index (κ1) is 11.7. The molecule has 1 aliphatic heterocycles. The topological polar surface area (TPSA) is 65.1 Å². The fraction of sp³-hybridized carbons (Fsp3) is 0.308. The summed E-state index contributed by atoms with van der Waals surface area (Å²) in [5, 5.41) is 0. The normalized spacial score (nSPS) is 15.6. The zero-order chi connectivity index (χ0) is 13.1. The molecule has 6 heteroatoms. The van der Waals surface area contributed by atoms with E-state index < -0.39 is 0 Å². The van der Waals surface area contributed by atoms with Crippen LogP contribution in [-0.4, -0.2) is 41.1 Å². The van der Waals surface area contributed by atoms with Crippen LogP contribution < -0.4 is 15.4 Å². The maximum absolute atomic E-state index is 11.3. The molecular weight excluding hydrogens is 242 g/mol. The molecular formula is C13H15N5O. The minimum atomic E-state index is -0.114. The summed E-state index contributed by atoms with van der Waals surface area (Å²) in [7, 11) is 0. The lowest BCUT2D eigenvalue weighted by Gasteiger charge is -2.35. The molecule has 0 unspecified atom stereocenters. The number of nitrogens with zero attached hydrogens (tertiary/aromatic N) is 4. The van der Waals surface area contributed by atoms with E-state index in [0.717, 1.165) is 37.8 Å². The number of aromatic amines is 1. The van der Waals surface area contributed by atoms with Gasteiger partial charge in [-0.1, -0.05) is 6.07 Å². The second-order valence-corrected chi connectivity index (χ2v) is 4.43. The minimum Gasteiger partial charge on any atom is -0.353 e. The van der Waals surface area contributed by atoms with E-state index in [2.05, 4.69) is 24.8 Å². The fourth-order valence-electron chi connectivity index (χ4n) is 2.24. The molecule has 0 amide bonds. The number of aromatic nitrogens is 3. The maximum atomic E-state index is 11.3. The second kappa shape index (κ2) is 5.09. The Morgan fingerprint density at radius 2 is 1.74 bits per heavy atom. The van der Waals surface area contributed by atoms with Crippen LogP contribution in [-0.2, 0) is 0 Å². The van der Waals surface area contributed by atoms with Crippen molar-refractivity contribution < 1.29 is 0 Å². The molecule has 0 atom stereocenters. The molecule has 2 aromatic rings. The Morgan fingerprint density at radius 1 is 1.00 bits per heavy atom. The third kappa shape index (κ3) is 2.57. The Morgan fingerprint density at radius 3 is 2.37 bits per heavy atom. The van der Waals surface area contributed by atoms with Gasteiger partial charge in [-0.15, -0.1) is 0 Å². The van der Waals surface area contributed by atoms with E-state index in [1.807, 2.05) is 18.2 Å². The van der Waals surface area contributed by atoms with Crippen molar-refractivity contribution in [3.8, 4) is 0 Å². The van der Waals surface area contributed by atoms with E-state index in [0.29, 0.717) is 0 Å². The number of piperazine rings is 1. The largest absolute Gasteiger partial charge is 0.353 e. The summed E-state index contributed by atoms with van der Waals surface area (Å²) in [5.41, 5.74) is -0.114. The molecule has 1 saturated heterocycles. The highest BCUT2D eigenvalue weighted by molar-refractivity contribution is 5.43. The Labute approximate surface area is 110 Å². The molecule has 1 aliphatic rings. The van der Waals surface area contributed by atoms with Crippen LogP contribution in [0.3, 0.4) is 0 Å². The highest BCUT2D eigenvalue weighted by Crippen LogP contribution is 2.15. The smallest absolute Gasteiger partial charge is 0.252 e. The van der Waals surface area contributed by atoms with Gasteiger partial charge >= 0.3 is 0 Å². The van der Waals surface area contributed by atoms with Crippen LogP contribution in [0, 0.1) is 0 Å². The molecule has 0 radical (unpaired) electrons. The number of nitrogens with one attached hydrogen (secondary N) is 1. The Hall–Kier alpha value is -2.37. The average Bonchev–Trinajstić information content (AvgIpc) is 2.48. The van der Waals surface area contributed by atoms with Crippen molar-refractivity contribution in [1.82, 2.24) is 15.0 Å². The lowest BCUT2D eigenvalue weighted by atomic mass is 10.3. The molecule has 98 valence electrons. The SMILES string of the molecule is O=c1cc(N2CCN(c3ccccn3)CC2)nc[nH]1. The number of pyridine rings is 1. The van der Waals surface area contributed by atoms with E-state index in [4.69, 9.17) is 0 Å². The molecule has 1 fully saturated rings. The number of anilines is 2. The van der Waals surface area contributed by atoms with Crippen molar-refractivity contribution in [2.24, 2.45) is 0 Å². The maximum Gasteiger partial charge on any atom is 0.252 e. The van der Waals surface area contributed by atoms with Gasteiger partial charge in [0.15, 0.2) is 0 Å². The van der Waals surface area contributed by atoms with Gasteiger partial charge in [-0.2, -0.15) is 0 Å². The highest BCUT2D eigenvalue weighted by Gasteiger charge is 2.18. The molecule has 3 rings (SSSR count). The standard InChI is InChI=1S/C13H15N5O/c19-13-9-12(15-10-16-13)18-7-5-17(6-8-18)11-3-1-2-4-14-11/h1-4,9-10H,5-8H2,(H,15,16,19). The quantitative estimate of drug-likeness (QED) is 0.848. The molecule has 19 heavy (non-hydrogen) atoms. The summed E-state index contributed by atoms with van der Waals surface area (Å²) in [5.74, 6) is 1.74. The first-order valence-electron chi connectivity index (χ1n) is 6.28. The van der Waals surface area contributed by atoms with Gasteiger partial charge in [0.25, 0.3) is 5.56 Å². The molecule has 0 aliphatic carbocycles. The Kier molecular flexibility index (Phi) is 3.14. The molecule has 0 saturated carbocycles. The van der Waals surface area contributed by atoms with Crippen molar-refractivity contribution in [3.05, 3.63) is 47.1 Å². The predicted molar refractivity (Wildman–Crippen MR) is 73.5 cm³/mol. The van der Waals surface area contributed by atoms with Gasteiger partial charge in [0.1, 0.15) is 11.6 Å². The summed E-state index contributed by atoms with van der Waals surface area (Å²) in [4.78, 5) is 26.7. The summed E-state index contributed by atoms with van der Waals surface area (Å²) < 4.78 is 0. The van der Waals surface area contributed by atoms with E-state index in [9.17, 15) is 4.79 Å². The van der Waals surface area contributed by atoms with Gasteiger partial charge < -0.3 is 14.8 Å². The zero-order valence-electron chi connectivity index (χ0n) is 10.5. The highest BCUT2D eigenvalue weighted by atomic mass is 16.1. The number of hydrogen-bond acceptors (Lipinski definition) is 5. The average molecular weight is 257 g/mol. The van der Waals surface area contributed by atoms with E-state index in [1.54, 1.807) is 6.20 Å². The summed E-state index contributed by atoms with van der Waals surface area (Å²) in [6.07, 6.45) is 3.25. The monoisotopic (exact) mass is 257 g/mol. The van der Waals surface area contributed by atoms with Crippen LogP contribution in [0.1, 0.15) is 0 Å². The van der Waals surface area contributed by atoms with E-state index >= 15 is 0 Å². The molecule has 1 N–H and O–H groups in total. The summed E-state index contributed by atoms with van der Waals surface area (Å²) in [6.45, 7) is 3.44. The molecule has 0 bridgehead atoms. The van der Waals surface area contributed by atoms with Crippen molar-refractivity contribution in [2.75, 3.05) is 36.0 Å². The van der Waals surface area contributed by atoms with Crippen LogP contribution in [0.25, 0.3) is 0 Å². The van der Waals surface area contributed by atoms with Crippen molar-refractivity contribution in [3.63, 3.8) is 0 Å².